The van der Waals surface area contributed by atoms with Crippen molar-refractivity contribution in [2.24, 2.45) is 5.10 Å². The van der Waals surface area contributed by atoms with Gasteiger partial charge in [0.1, 0.15) is 5.82 Å². The average Bonchev–Trinajstić information content (AvgIpc) is 3.29. The summed E-state index contributed by atoms with van der Waals surface area (Å²) >= 11 is 6.11. The van der Waals surface area contributed by atoms with Gasteiger partial charge in [-0.25, -0.2) is 18.2 Å². The SMILES string of the molecule is Cc1ccc(S(=O)(=O)N(CC(=O)N/N=C/c2ccc3c(c2)OCO3)Cc2c(F)cccc2Cl)cc1. The standard InChI is InChI=1S/C24H21ClFN3O5S/c1-16-5-8-18(9-6-16)35(31,32)29(13-19-20(25)3-2-4-21(19)26)14-24(30)28-27-12-17-7-10-22-23(11-17)34-15-33-22/h2-12H,13-15H2,1H3,(H,28,30)/b27-12+. The van der Waals surface area contributed by atoms with Gasteiger partial charge in [0.15, 0.2) is 11.5 Å². The van der Waals surface area contributed by atoms with Crippen LogP contribution in [0.1, 0.15) is 16.7 Å². The van der Waals surface area contributed by atoms with Crippen molar-refractivity contribution in [3.8, 4) is 11.5 Å². The Hall–Kier alpha value is -3.47. The van der Waals surface area contributed by atoms with Gasteiger partial charge in [-0.05, 0) is 55.0 Å². The minimum absolute atomic E-state index is 0.0350. The molecule has 11 heteroatoms. The number of halogens is 2. The third kappa shape index (κ3) is 5.79. The normalized spacial score (nSPS) is 12.9. The summed E-state index contributed by atoms with van der Waals surface area (Å²) in [7, 11) is -4.16. The molecule has 0 bridgehead atoms. The molecular formula is C24H21ClFN3O5S. The molecule has 4 rings (SSSR count). The summed E-state index contributed by atoms with van der Waals surface area (Å²) in [5.74, 6) is -0.236. The Balaban J connectivity index is 1.53. The lowest BCUT2D eigenvalue weighted by Gasteiger charge is -2.22. The summed E-state index contributed by atoms with van der Waals surface area (Å²) in [6.45, 7) is 0.892. The summed E-state index contributed by atoms with van der Waals surface area (Å²) in [6.07, 6.45) is 1.38. The van der Waals surface area contributed by atoms with E-state index < -0.39 is 34.8 Å². The number of sulfonamides is 1. The van der Waals surface area contributed by atoms with Crippen molar-refractivity contribution in [3.05, 3.63) is 88.2 Å². The first-order valence-corrected chi connectivity index (χ1v) is 12.3. The van der Waals surface area contributed by atoms with Crippen LogP contribution in [-0.2, 0) is 21.4 Å². The Kier molecular flexibility index (Phi) is 7.34. The van der Waals surface area contributed by atoms with Crippen molar-refractivity contribution in [1.82, 2.24) is 9.73 Å². The second-order valence-electron chi connectivity index (χ2n) is 7.69. The van der Waals surface area contributed by atoms with E-state index in [0.717, 1.165) is 9.87 Å². The van der Waals surface area contributed by atoms with E-state index >= 15 is 0 Å². The molecule has 8 nitrogen and oxygen atoms in total. The van der Waals surface area contributed by atoms with Crippen LogP contribution in [0.5, 0.6) is 11.5 Å². The van der Waals surface area contributed by atoms with Crippen LogP contribution < -0.4 is 14.9 Å². The van der Waals surface area contributed by atoms with Gasteiger partial charge in [-0.1, -0.05) is 35.4 Å². The number of aryl methyl sites for hydroxylation is 1. The lowest BCUT2D eigenvalue weighted by molar-refractivity contribution is -0.121. The predicted octanol–water partition coefficient (Wildman–Crippen LogP) is 3.86. The molecule has 1 N–H and O–H groups in total. The zero-order valence-corrected chi connectivity index (χ0v) is 20.1. The van der Waals surface area contributed by atoms with Gasteiger partial charge in [0.2, 0.25) is 16.8 Å². The third-order valence-electron chi connectivity index (χ3n) is 5.17. The van der Waals surface area contributed by atoms with Gasteiger partial charge >= 0.3 is 0 Å². The molecule has 0 saturated carbocycles. The van der Waals surface area contributed by atoms with Crippen LogP contribution in [0.2, 0.25) is 5.02 Å². The Morgan fingerprint density at radius 2 is 1.89 bits per heavy atom. The maximum atomic E-state index is 14.4. The van der Waals surface area contributed by atoms with Crippen molar-refractivity contribution in [2.45, 2.75) is 18.4 Å². The number of rotatable bonds is 8. The Morgan fingerprint density at radius 3 is 2.63 bits per heavy atom. The lowest BCUT2D eigenvalue weighted by Crippen LogP contribution is -2.39. The molecule has 0 aliphatic carbocycles. The fraction of sp³-hybridized carbons (Fsp3) is 0.167. The molecule has 3 aromatic carbocycles. The number of fused-ring (bicyclic) bond motifs is 1. The molecule has 0 unspecified atom stereocenters. The molecule has 0 fully saturated rings. The molecule has 1 aliphatic heterocycles. The number of carbonyl (C=O) groups is 1. The van der Waals surface area contributed by atoms with Crippen LogP contribution in [0, 0.1) is 12.7 Å². The molecule has 35 heavy (non-hydrogen) atoms. The van der Waals surface area contributed by atoms with E-state index in [1.165, 1.54) is 36.5 Å². The quantitative estimate of drug-likeness (QED) is 0.361. The average molecular weight is 518 g/mol. The van der Waals surface area contributed by atoms with Crippen molar-refractivity contribution in [1.29, 1.82) is 0 Å². The Morgan fingerprint density at radius 1 is 1.14 bits per heavy atom. The van der Waals surface area contributed by atoms with Gasteiger partial charge in [0.05, 0.1) is 17.7 Å². The van der Waals surface area contributed by atoms with Gasteiger partial charge in [-0.15, -0.1) is 0 Å². The van der Waals surface area contributed by atoms with Crippen LogP contribution >= 0.6 is 11.6 Å². The number of hydrazone groups is 1. The van der Waals surface area contributed by atoms with Crippen molar-refractivity contribution in [2.75, 3.05) is 13.3 Å². The summed E-state index contributed by atoms with van der Waals surface area (Å²) in [6, 6.07) is 15.3. The maximum Gasteiger partial charge on any atom is 0.255 e. The van der Waals surface area contributed by atoms with E-state index in [1.54, 1.807) is 30.3 Å². The first-order chi connectivity index (χ1) is 16.7. The maximum absolute atomic E-state index is 14.4. The van der Waals surface area contributed by atoms with E-state index in [4.69, 9.17) is 21.1 Å². The Bertz CT molecular complexity index is 1360. The molecule has 0 radical (unpaired) electrons. The third-order valence-corrected chi connectivity index (χ3v) is 7.33. The molecule has 3 aromatic rings. The van der Waals surface area contributed by atoms with E-state index in [0.29, 0.717) is 17.1 Å². The topological polar surface area (TPSA) is 97.3 Å². The van der Waals surface area contributed by atoms with Crippen LogP contribution in [0.15, 0.2) is 70.7 Å². The highest BCUT2D eigenvalue weighted by atomic mass is 35.5. The number of ether oxygens (including phenoxy) is 2. The first kappa shape index (κ1) is 24.6. The van der Waals surface area contributed by atoms with Gasteiger partial charge in [0.25, 0.3) is 5.91 Å². The van der Waals surface area contributed by atoms with E-state index in [9.17, 15) is 17.6 Å². The predicted molar refractivity (Wildman–Crippen MR) is 128 cm³/mol. The van der Waals surface area contributed by atoms with Gasteiger partial charge in [0, 0.05) is 17.1 Å². The highest BCUT2D eigenvalue weighted by molar-refractivity contribution is 7.89. The van der Waals surface area contributed by atoms with Crippen LogP contribution in [-0.4, -0.2) is 38.2 Å². The minimum Gasteiger partial charge on any atom is -0.454 e. The second-order valence-corrected chi connectivity index (χ2v) is 10.0. The van der Waals surface area contributed by atoms with E-state index in [-0.39, 0.29) is 22.3 Å². The number of hydrogen-bond donors (Lipinski definition) is 1. The van der Waals surface area contributed by atoms with E-state index in [1.807, 2.05) is 6.92 Å². The largest absolute Gasteiger partial charge is 0.454 e. The number of hydrogen-bond acceptors (Lipinski definition) is 6. The summed E-state index contributed by atoms with van der Waals surface area (Å²) in [5.41, 5.74) is 3.76. The molecule has 1 heterocycles. The van der Waals surface area contributed by atoms with Crippen molar-refractivity contribution < 1.29 is 27.1 Å². The summed E-state index contributed by atoms with van der Waals surface area (Å²) < 4.78 is 52.5. The zero-order chi connectivity index (χ0) is 25.0. The smallest absolute Gasteiger partial charge is 0.255 e. The fourth-order valence-electron chi connectivity index (χ4n) is 3.31. The van der Waals surface area contributed by atoms with Crippen LogP contribution in [0.3, 0.4) is 0 Å². The zero-order valence-electron chi connectivity index (χ0n) is 18.6. The number of carbonyl (C=O) groups excluding carboxylic acids is 1. The number of benzene rings is 3. The fourth-order valence-corrected chi connectivity index (χ4v) is 4.90. The monoisotopic (exact) mass is 517 g/mol. The molecule has 1 amide bonds. The summed E-state index contributed by atoms with van der Waals surface area (Å²) in [5, 5.41) is 3.94. The van der Waals surface area contributed by atoms with Crippen molar-refractivity contribution in [3.63, 3.8) is 0 Å². The molecular weight excluding hydrogens is 497 g/mol. The number of amides is 1. The molecule has 1 aliphatic rings. The molecule has 182 valence electrons. The Labute approximate surface area is 207 Å². The molecule has 0 atom stereocenters. The number of nitrogens with zero attached hydrogens (tertiary/aromatic N) is 2. The molecule has 0 aromatic heterocycles. The summed E-state index contributed by atoms with van der Waals surface area (Å²) in [4.78, 5) is 12.6. The molecule has 0 saturated heterocycles. The second kappa shape index (κ2) is 10.4. The van der Waals surface area contributed by atoms with Gasteiger partial charge in [-0.3, -0.25) is 4.79 Å². The minimum atomic E-state index is -4.16. The first-order valence-electron chi connectivity index (χ1n) is 10.5. The highest BCUT2D eigenvalue weighted by Gasteiger charge is 2.28. The number of nitrogens with one attached hydrogen (secondary N) is 1. The van der Waals surface area contributed by atoms with Crippen LogP contribution in [0.25, 0.3) is 0 Å². The lowest BCUT2D eigenvalue weighted by atomic mass is 10.2. The van der Waals surface area contributed by atoms with Crippen molar-refractivity contribution >= 4 is 33.7 Å². The highest BCUT2D eigenvalue weighted by Crippen LogP contribution is 2.32. The van der Waals surface area contributed by atoms with Gasteiger partial charge in [-0.2, -0.15) is 9.41 Å². The molecule has 0 spiro atoms. The van der Waals surface area contributed by atoms with E-state index in [2.05, 4.69) is 10.5 Å². The van der Waals surface area contributed by atoms with Gasteiger partial charge < -0.3 is 9.47 Å². The van der Waals surface area contributed by atoms with Crippen LogP contribution in [0.4, 0.5) is 4.39 Å².